The molecule has 2 rings (SSSR count). The van der Waals surface area contributed by atoms with Crippen molar-refractivity contribution in [2.24, 2.45) is 0 Å². The van der Waals surface area contributed by atoms with Gasteiger partial charge in [0.1, 0.15) is 0 Å². The van der Waals surface area contributed by atoms with E-state index in [0.717, 1.165) is 24.9 Å². The van der Waals surface area contributed by atoms with Crippen LogP contribution in [0.25, 0.3) is 0 Å². The Kier molecular flexibility index (Phi) is 4.32. The minimum atomic E-state index is -1.94. The van der Waals surface area contributed by atoms with Crippen molar-refractivity contribution in [3.05, 3.63) is 35.9 Å². The van der Waals surface area contributed by atoms with Gasteiger partial charge in [-0.1, -0.05) is 62.2 Å². The molecule has 1 aliphatic heterocycles. The van der Waals surface area contributed by atoms with Gasteiger partial charge in [0.15, 0.2) is 0 Å². The fourth-order valence-corrected chi connectivity index (χ4v) is 9.18. The molecule has 0 saturated carbocycles. The molecule has 1 aromatic carbocycles. The van der Waals surface area contributed by atoms with Crippen LogP contribution in [0.1, 0.15) is 5.56 Å². The largest absolute Gasteiger partial charge is 0.323 e. The van der Waals surface area contributed by atoms with Crippen LogP contribution in [0.3, 0.4) is 0 Å². The lowest BCUT2D eigenvalue weighted by atomic mass is 10.2. The summed E-state index contributed by atoms with van der Waals surface area (Å²) in [7, 11) is -1.94. The van der Waals surface area contributed by atoms with Gasteiger partial charge < -0.3 is 4.57 Å². The predicted molar refractivity (Wildman–Crippen MR) is 77.8 cm³/mol. The molecule has 0 N–H and O–H groups in total. The van der Waals surface area contributed by atoms with Crippen LogP contribution in [0.4, 0.5) is 0 Å². The fourth-order valence-electron chi connectivity index (χ4n) is 2.10. The van der Waals surface area contributed by atoms with E-state index in [0.29, 0.717) is 9.65 Å². The molecular weight excluding hydrogens is 351 g/mol. The summed E-state index contributed by atoms with van der Waals surface area (Å²) in [6, 6.07) is 10.3. The zero-order chi connectivity index (χ0) is 11.6. The van der Waals surface area contributed by atoms with Crippen molar-refractivity contribution >= 4 is 39.0 Å². The zero-order valence-corrected chi connectivity index (χ0v) is 13.0. The van der Waals surface area contributed by atoms with Crippen molar-refractivity contribution < 1.29 is 4.57 Å². The molecule has 1 heterocycles. The number of aryl methyl sites for hydroxylation is 1. The third-order valence-electron chi connectivity index (χ3n) is 3.06. The Bertz CT molecular complexity index is 379. The molecule has 0 radical (unpaired) electrons. The highest BCUT2D eigenvalue weighted by molar-refractivity contribution is 9.12. The average Bonchev–Trinajstić information content (AvgIpc) is 2.53. The number of halogens is 2. The Morgan fingerprint density at radius 1 is 1.12 bits per heavy atom. The molecule has 1 aliphatic rings. The fraction of sp³-hybridized carbons (Fsp3) is 0.500. The predicted octanol–water partition coefficient (Wildman–Crippen LogP) is 4.13. The second kappa shape index (κ2) is 5.37. The minimum absolute atomic E-state index is 0.383. The van der Waals surface area contributed by atoms with Gasteiger partial charge >= 0.3 is 0 Å². The van der Waals surface area contributed by atoms with Crippen LogP contribution in [0.15, 0.2) is 30.3 Å². The first-order chi connectivity index (χ1) is 7.59. The lowest BCUT2D eigenvalue weighted by Crippen LogP contribution is -2.08. The van der Waals surface area contributed by atoms with E-state index in [1.165, 1.54) is 5.56 Å². The van der Waals surface area contributed by atoms with E-state index in [9.17, 15) is 4.57 Å². The van der Waals surface area contributed by atoms with Gasteiger partial charge in [-0.3, -0.25) is 0 Å². The van der Waals surface area contributed by atoms with Gasteiger partial charge in [0.25, 0.3) is 0 Å². The maximum atomic E-state index is 12.5. The van der Waals surface area contributed by atoms with Crippen LogP contribution in [-0.4, -0.2) is 28.1 Å². The van der Waals surface area contributed by atoms with Crippen LogP contribution in [0.5, 0.6) is 0 Å². The van der Waals surface area contributed by atoms with Crippen LogP contribution >= 0.6 is 39.0 Å². The van der Waals surface area contributed by atoms with Crippen molar-refractivity contribution in [3.8, 4) is 0 Å². The highest BCUT2D eigenvalue weighted by Crippen LogP contribution is 2.55. The Hall–Kier alpha value is 0.410. The minimum Gasteiger partial charge on any atom is -0.323 e. The molecule has 3 atom stereocenters. The van der Waals surface area contributed by atoms with Gasteiger partial charge in [-0.2, -0.15) is 0 Å². The summed E-state index contributed by atoms with van der Waals surface area (Å²) in [6.45, 7) is 0. The Labute approximate surface area is 114 Å². The second-order valence-electron chi connectivity index (χ2n) is 4.41. The molecule has 88 valence electrons. The molecule has 0 bridgehead atoms. The third kappa shape index (κ3) is 3.21. The van der Waals surface area contributed by atoms with E-state index >= 15 is 0 Å². The quantitative estimate of drug-likeness (QED) is 0.581. The maximum Gasteiger partial charge on any atom is 0.0903 e. The van der Waals surface area contributed by atoms with Crippen LogP contribution in [-0.2, 0) is 11.0 Å². The first kappa shape index (κ1) is 12.9. The van der Waals surface area contributed by atoms with E-state index in [1.54, 1.807) is 0 Å². The zero-order valence-electron chi connectivity index (χ0n) is 8.98. The highest BCUT2D eigenvalue weighted by atomic mass is 79.9. The van der Waals surface area contributed by atoms with Crippen LogP contribution in [0.2, 0.25) is 0 Å². The summed E-state index contributed by atoms with van der Waals surface area (Å²) in [5, 5.41) is 0. The standard InChI is InChI=1S/C12H15Br2OP/c13-11-8-16(15,9-12(11)14)7-6-10-4-2-1-3-5-10/h1-5,11-12H,6-9H2/t11-,12+,16?. The number of rotatable bonds is 3. The van der Waals surface area contributed by atoms with E-state index in [1.807, 2.05) is 18.2 Å². The van der Waals surface area contributed by atoms with E-state index < -0.39 is 7.14 Å². The molecule has 16 heavy (non-hydrogen) atoms. The second-order valence-corrected chi connectivity index (χ2v) is 10.1. The molecule has 1 nitrogen and oxygen atoms in total. The molecule has 1 aromatic rings. The third-order valence-corrected chi connectivity index (χ3v) is 9.85. The van der Waals surface area contributed by atoms with Gasteiger partial charge in [0.05, 0.1) is 7.14 Å². The summed E-state index contributed by atoms with van der Waals surface area (Å²) < 4.78 is 12.5. The smallest absolute Gasteiger partial charge is 0.0903 e. The Morgan fingerprint density at radius 3 is 2.25 bits per heavy atom. The van der Waals surface area contributed by atoms with Gasteiger partial charge in [-0.25, -0.2) is 0 Å². The van der Waals surface area contributed by atoms with Crippen molar-refractivity contribution in [1.82, 2.24) is 0 Å². The Morgan fingerprint density at radius 2 is 1.69 bits per heavy atom. The maximum absolute atomic E-state index is 12.5. The van der Waals surface area contributed by atoms with Gasteiger partial charge in [0, 0.05) is 28.1 Å². The monoisotopic (exact) mass is 364 g/mol. The molecule has 1 unspecified atom stereocenters. The topological polar surface area (TPSA) is 17.1 Å². The van der Waals surface area contributed by atoms with Gasteiger partial charge in [-0.15, -0.1) is 0 Å². The van der Waals surface area contributed by atoms with Crippen molar-refractivity contribution in [2.45, 2.75) is 16.1 Å². The number of hydrogen-bond acceptors (Lipinski definition) is 1. The van der Waals surface area contributed by atoms with E-state index in [-0.39, 0.29) is 0 Å². The molecule has 0 spiro atoms. The number of hydrogen-bond donors (Lipinski definition) is 0. The first-order valence-electron chi connectivity index (χ1n) is 5.48. The van der Waals surface area contributed by atoms with Crippen LogP contribution in [0, 0.1) is 0 Å². The van der Waals surface area contributed by atoms with Crippen molar-refractivity contribution in [3.63, 3.8) is 0 Å². The molecular formula is C12H15Br2OP. The van der Waals surface area contributed by atoms with Crippen LogP contribution < -0.4 is 0 Å². The normalized spacial score (nSPS) is 34.1. The Balaban J connectivity index is 1.94. The average molecular weight is 366 g/mol. The molecule has 1 saturated heterocycles. The van der Waals surface area contributed by atoms with Gasteiger partial charge in [-0.05, 0) is 12.0 Å². The lowest BCUT2D eigenvalue weighted by Gasteiger charge is -2.10. The van der Waals surface area contributed by atoms with E-state index in [2.05, 4.69) is 44.0 Å². The summed E-state index contributed by atoms with van der Waals surface area (Å²) in [5.74, 6) is 0. The summed E-state index contributed by atoms with van der Waals surface area (Å²) in [6.07, 6.45) is 3.48. The van der Waals surface area contributed by atoms with Crippen molar-refractivity contribution in [2.75, 3.05) is 18.5 Å². The molecule has 1 fully saturated rings. The number of alkyl halides is 2. The SMILES string of the molecule is O=P1(CCc2ccccc2)C[C@@H](Br)[C@@H](Br)C1. The number of benzene rings is 1. The van der Waals surface area contributed by atoms with Crippen molar-refractivity contribution in [1.29, 1.82) is 0 Å². The first-order valence-corrected chi connectivity index (χ1v) is 9.58. The lowest BCUT2D eigenvalue weighted by molar-refractivity contribution is 0.578. The van der Waals surface area contributed by atoms with E-state index in [4.69, 9.17) is 0 Å². The summed E-state index contributed by atoms with van der Waals surface area (Å²) in [5.41, 5.74) is 1.29. The molecule has 0 aromatic heterocycles. The molecule has 0 aliphatic carbocycles. The summed E-state index contributed by atoms with van der Waals surface area (Å²) >= 11 is 7.17. The molecule has 4 heteroatoms. The molecule has 0 amide bonds. The van der Waals surface area contributed by atoms with Gasteiger partial charge in [0.2, 0.25) is 0 Å². The summed E-state index contributed by atoms with van der Waals surface area (Å²) in [4.78, 5) is 0.767. The highest BCUT2D eigenvalue weighted by Gasteiger charge is 2.38.